The summed E-state index contributed by atoms with van der Waals surface area (Å²) in [6.45, 7) is 3.69. The Morgan fingerprint density at radius 2 is 1.45 bits per heavy atom. The number of carbonyl (C=O) groups is 2. The van der Waals surface area contributed by atoms with Gasteiger partial charge in [-0.2, -0.15) is 0 Å². The number of ether oxygens (including phenoxy) is 2. The van der Waals surface area contributed by atoms with Crippen LogP contribution in [0.5, 0.6) is 0 Å². The summed E-state index contributed by atoms with van der Waals surface area (Å²) in [6, 6.07) is 4.01. The van der Waals surface area contributed by atoms with E-state index in [1.54, 1.807) is 13.8 Å². The van der Waals surface area contributed by atoms with E-state index in [4.69, 9.17) is 9.05 Å². The first-order valence-corrected chi connectivity index (χ1v) is 8.18. The number of methoxy groups -OCH3 is 2. The lowest BCUT2D eigenvalue weighted by Crippen LogP contribution is -2.18. The highest BCUT2D eigenvalue weighted by Gasteiger charge is 2.30. The number of carbonyl (C=O) groups excluding carboxylic acids is 2. The van der Waals surface area contributed by atoms with Gasteiger partial charge in [-0.1, -0.05) is 0 Å². The van der Waals surface area contributed by atoms with Crippen LogP contribution < -0.4 is 5.30 Å². The van der Waals surface area contributed by atoms with Crippen molar-refractivity contribution in [2.45, 2.75) is 13.8 Å². The molecule has 22 heavy (non-hydrogen) atoms. The molecule has 0 N–H and O–H groups in total. The third kappa shape index (κ3) is 3.94. The van der Waals surface area contributed by atoms with Crippen molar-refractivity contribution in [2.24, 2.45) is 0 Å². The zero-order valence-electron chi connectivity index (χ0n) is 13.0. The van der Waals surface area contributed by atoms with Crippen LogP contribution in [0.25, 0.3) is 0 Å². The van der Waals surface area contributed by atoms with Crippen molar-refractivity contribution in [3.63, 3.8) is 0 Å². The Bertz CT molecular complexity index is 587. The number of hydrogen-bond acceptors (Lipinski definition) is 7. The molecule has 0 spiro atoms. The second-order valence-corrected chi connectivity index (χ2v) is 6.07. The lowest BCUT2D eigenvalue weighted by molar-refractivity contribution is 0.0555. The smallest absolute Gasteiger partial charge is 0.361 e. The molecule has 0 aliphatic carbocycles. The molecule has 1 rings (SSSR count). The fourth-order valence-corrected chi connectivity index (χ4v) is 3.39. The predicted molar refractivity (Wildman–Crippen MR) is 79.6 cm³/mol. The highest BCUT2D eigenvalue weighted by atomic mass is 31.2. The van der Waals surface area contributed by atoms with Crippen LogP contribution in [0.15, 0.2) is 18.2 Å². The summed E-state index contributed by atoms with van der Waals surface area (Å²) in [5, 5.41) is 0.171. The Hall–Kier alpha value is -1.69. The largest absolute Gasteiger partial charge is 0.465 e. The van der Waals surface area contributed by atoms with Crippen molar-refractivity contribution in [2.75, 3.05) is 27.4 Å². The molecule has 0 fully saturated rings. The topological polar surface area (TPSA) is 88.1 Å². The van der Waals surface area contributed by atoms with E-state index in [1.807, 2.05) is 0 Å². The van der Waals surface area contributed by atoms with Crippen molar-refractivity contribution in [3.05, 3.63) is 29.3 Å². The minimum Gasteiger partial charge on any atom is -0.465 e. The second-order valence-electron chi connectivity index (χ2n) is 4.05. The lowest BCUT2D eigenvalue weighted by Gasteiger charge is -2.18. The third-order valence-corrected chi connectivity index (χ3v) is 4.83. The SMILES string of the molecule is CCOP(=O)(OCC)c1ccc(C(=O)OC)c(C(=O)OC)c1. The summed E-state index contributed by atoms with van der Waals surface area (Å²) < 4.78 is 32.4. The fourth-order valence-electron chi connectivity index (χ4n) is 1.80. The Kier molecular flexibility index (Phi) is 6.74. The van der Waals surface area contributed by atoms with Crippen molar-refractivity contribution in [1.82, 2.24) is 0 Å². The molecule has 0 amide bonds. The van der Waals surface area contributed by atoms with Crippen molar-refractivity contribution < 1.29 is 32.7 Å². The summed E-state index contributed by atoms with van der Waals surface area (Å²) in [4.78, 5) is 23.6. The molecule has 8 heteroatoms. The first kappa shape index (κ1) is 18.4. The number of rotatable bonds is 7. The normalized spacial score (nSPS) is 11.1. The summed E-state index contributed by atoms with van der Waals surface area (Å²) >= 11 is 0. The van der Waals surface area contributed by atoms with Gasteiger partial charge in [-0.25, -0.2) is 9.59 Å². The maximum absolute atomic E-state index is 12.7. The van der Waals surface area contributed by atoms with Crippen LogP contribution in [0.3, 0.4) is 0 Å². The monoisotopic (exact) mass is 330 g/mol. The molecule has 0 aromatic heterocycles. The molecule has 0 saturated heterocycles. The van der Waals surface area contributed by atoms with Gasteiger partial charge in [0.15, 0.2) is 0 Å². The van der Waals surface area contributed by atoms with E-state index in [-0.39, 0.29) is 29.6 Å². The van der Waals surface area contributed by atoms with Gasteiger partial charge < -0.3 is 18.5 Å². The van der Waals surface area contributed by atoms with Crippen LogP contribution in [-0.4, -0.2) is 39.4 Å². The van der Waals surface area contributed by atoms with Crippen LogP contribution >= 0.6 is 7.60 Å². The van der Waals surface area contributed by atoms with Gasteiger partial charge in [0.05, 0.1) is 43.9 Å². The Labute approximate surface area is 129 Å². The van der Waals surface area contributed by atoms with Gasteiger partial charge in [-0.15, -0.1) is 0 Å². The molecule has 1 aromatic rings. The second kappa shape index (κ2) is 8.08. The lowest BCUT2D eigenvalue weighted by atomic mass is 10.1. The predicted octanol–water partition coefficient (Wildman–Crippen LogP) is 2.15. The minimum absolute atomic E-state index is 0.0117. The summed E-state index contributed by atoms with van der Waals surface area (Å²) in [5.41, 5.74) is -0.0517. The van der Waals surface area contributed by atoms with Gasteiger partial charge >= 0.3 is 19.5 Å². The third-order valence-electron chi connectivity index (χ3n) is 2.73. The van der Waals surface area contributed by atoms with Crippen molar-refractivity contribution >= 4 is 24.8 Å². The molecule has 122 valence electrons. The van der Waals surface area contributed by atoms with Gasteiger partial charge in [0.25, 0.3) is 0 Å². The molecule has 0 heterocycles. The van der Waals surface area contributed by atoms with Crippen LogP contribution in [0.1, 0.15) is 34.6 Å². The van der Waals surface area contributed by atoms with Crippen molar-refractivity contribution in [1.29, 1.82) is 0 Å². The van der Waals surface area contributed by atoms with E-state index >= 15 is 0 Å². The highest BCUT2D eigenvalue weighted by molar-refractivity contribution is 7.62. The Morgan fingerprint density at radius 1 is 0.955 bits per heavy atom. The van der Waals surface area contributed by atoms with Gasteiger partial charge in [0.2, 0.25) is 0 Å². The Morgan fingerprint density at radius 3 is 1.91 bits per heavy atom. The van der Waals surface area contributed by atoms with E-state index in [0.29, 0.717) is 0 Å². The van der Waals surface area contributed by atoms with Gasteiger partial charge in [0, 0.05) is 0 Å². The maximum Gasteiger partial charge on any atom is 0.361 e. The van der Waals surface area contributed by atoms with E-state index in [9.17, 15) is 14.2 Å². The zero-order valence-corrected chi connectivity index (χ0v) is 13.8. The molecule has 0 atom stereocenters. The number of hydrogen-bond donors (Lipinski definition) is 0. The molecule has 7 nitrogen and oxygen atoms in total. The summed E-state index contributed by atoms with van der Waals surface area (Å²) in [7, 11) is -1.19. The standard InChI is InChI=1S/C14H19O7P/c1-5-20-22(17,21-6-2)10-7-8-11(13(15)18-3)12(9-10)14(16)19-4/h7-9H,5-6H2,1-4H3. The van der Waals surface area contributed by atoms with Gasteiger partial charge in [0.1, 0.15) is 0 Å². The molecule has 0 bridgehead atoms. The average Bonchev–Trinajstić information content (AvgIpc) is 2.53. The number of benzene rings is 1. The van der Waals surface area contributed by atoms with E-state index < -0.39 is 19.5 Å². The van der Waals surface area contributed by atoms with Crippen molar-refractivity contribution in [3.8, 4) is 0 Å². The van der Waals surface area contributed by atoms with Gasteiger partial charge in [-0.05, 0) is 32.0 Å². The molecular weight excluding hydrogens is 311 g/mol. The highest BCUT2D eigenvalue weighted by Crippen LogP contribution is 2.47. The van der Waals surface area contributed by atoms with Crippen LogP contribution in [-0.2, 0) is 23.1 Å². The first-order valence-electron chi connectivity index (χ1n) is 6.63. The molecule has 0 radical (unpaired) electrons. The fraction of sp³-hybridized carbons (Fsp3) is 0.429. The quantitative estimate of drug-likeness (QED) is 0.559. The van der Waals surface area contributed by atoms with E-state index in [0.717, 1.165) is 0 Å². The zero-order chi connectivity index (χ0) is 16.8. The Balaban J connectivity index is 3.43. The average molecular weight is 330 g/mol. The van der Waals surface area contributed by atoms with Crippen LogP contribution in [0.2, 0.25) is 0 Å². The molecule has 1 aromatic carbocycles. The molecule has 0 saturated carbocycles. The minimum atomic E-state index is -3.57. The molecule has 0 aliphatic heterocycles. The molecular formula is C14H19O7P. The number of esters is 2. The van der Waals surface area contributed by atoms with Gasteiger partial charge in [-0.3, -0.25) is 4.57 Å². The molecule has 0 aliphatic rings. The van der Waals surface area contributed by atoms with E-state index in [1.165, 1.54) is 32.4 Å². The summed E-state index contributed by atoms with van der Waals surface area (Å²) in [5.74, 6) is -1.45. The van der Waals surface area contributed by atoms with Crippen LogP contribution in [0, 0.1) is 0 Å². The molecule has 0 unspecified atom stereocenters. The first-order chi connectivity index (χ1) is 10.4. The maximum atomic E-state index is 12.7. The summed E-state index contributed by atoms with van der Waals surface area (Å²) in [6.07, 6.45) is 0. The van der Waals surface area contributed by atoms with E-state index in [2.05, 4.69) is 9.47 Å². The van der Waals surface area contributed by atoms with Crippen LogP contribution in [0.4, 0.5) is 0 Å².